The second-order valence-electron chi connectivity index (χ2n) is 9.45. The minimum absolute atomic E-state index is 0.663. The van der Waals surface area contributed by atoms with Crippen molar-refractivity contribution in [2.45, 2.75) is 53.0 Å². The van der Waals surface area contributed by atoms with Gasteiger partial charge in [0.25, 0.3) is 0 Å². The average Bonchev–Trinajstić information content (AvgIpc) is 3.38. The molecule has 6 heteroatoms. The Morgan fingerprint density at radius 1 is 1.09 bits per heavy atom. The van der Waals surface area contributed by atoms with Gasteiger partial charge >= 0.3 is 0 Å². The molecule has 4 rings (SSSR count). The number of hydrogen-bond donors (Lipinski definition) is 1. The van der Waals surface area contributed by atoms with Crippen LogP contribution in [-0.4, -0.2) is 60.0 Å². The highest BCUT2D eigenvalue weighted by atomic mass is 16.4. The van der Waals surface area contributed by atoms with E-state index in [2.05, 4.69) is 57.4 Å². The van der Waals surface area contributed by atoms with Crippen molar-refractivity contribution >= 4 is 5.96 Å². The Morgan fingerprint density at radius 2 is 1.84 bits per heavy atom. The minimum Gasteiger partial charge on any atom is -0.444 e. The number of nitrogens with zero attached hydrogens (tertiary/aromatic N) is 4. The lowest BCUT2D eigenvalue weighted by molar-refractivity contribution is 0.166. The Hall–Kier alpha value is -2.34. The predicted molar refractivity (Wildman–Crippen MR) is 130 cm³/mol. The molecule has 2 saturated heterocycles. The van der Waals surface area contributed by atoms with E-state index in [0.717, 1.165) is 69.1 Å². The zero-order chi connectivity index (χ0) is 22.3. The van der Waals surface area contributed by atoms with Crippen molar-refractivity contribution in [3.63, 3.8) is 0 Å². The highest BCUT2D eigenvalue weighted by molar-refractivity contribution is 5.80. The topological polar surface area (TPSA) is 56.9 Å². The highest BCUT2D eigenvalue weighted by Crippen LogP contribution is 2.23. The SMILES string of the molecule is CCNC(=NCC1CCN(Cc2nc(C)c(C)o2)CC1)N1CCC(Cc2ccccc2)C1. The Kier molecular flexibility index (Phi) is 7.85. The number of oxazole rings is 1. The number of guanidine groups is 1. The molecule has 2 fully saturated rings. The van der Waals surface area contributed by atoms with E-state index in [9.17, 15) is 0 Å². The summed E-state index contributed by atoms with van der Waals surface area (Å²) in [6.45, 7) is 13.2. The molecule has 1 unspecified atom stereocenters. The van der Waals surface area contributed by atoms with Gasteiger partial charge in [0.1, 0.15) is 5.76 Å². The van der Waals surface area contributed by atoms with Gasteiger partial charge in [-0.05, 0) is 76.9 Å². The first-order valence-corrected chi connectivity index (χ1v) is 12.3. The van der Waals surface area contributed by atoms with Gasteiger partial charge in [-0.1, -0.05) is 30.3 Å². The Bertz CT molecular complexity index is 850. The predicted octanol–water partition coefficient (Wildman–Crippen LogP) is 4.03. The van der Waals surface area contributed by atoms with Gasteiger partial charge in [0.05, 0.1) is 12.2 Å². The van der Waals surface area contributed by atoms with Crippen molar-refractivity contribution in [1.29, 1.82) is 0 Å². The summed E-state index contributed by atoms with van der Waals surface area (Å²) in [5, 5.41) is 3.54. The highest BCUT2D eigenvalue weighted by Gasteiger charge is 2.26. The molecule has 0 saturated carbocycles. The van der Waals surface area contributed by atoms with Crippen LogP contribution >= 0.6 is 0 Å². The number of benzene rings is 1. The molecule has 2 aromatic rings. The van der Waals surface area contributed by atoms with Gasteiger partial charge in [-0.2, -0.15) is 0 Å². The molecular formula is C26H39N5O. The maximum absolute atomic E-state index is 5.76. The van der Waals surface area contributed by atoms with Gasteiger partial charge in [-0.3, -0.25) is 9.89 Å². The smallest absolute Gasteiger partial charge is 0.208 e. The molecule has 0 spiro atoms. The number of likely N-dealkylation sites (tertiary alicyclic amines) is 2. The summed E-state index contributed by atoms with van der Waals surface area (Å²) in [5.41, 5.74) is 2.45. The fourth-order valence-corrected chi connectivity index (χ4v) is 4.91. The zero-order valence-electron chi connectivity index (χ0n) is 20.0. The van der Waals surface area contributed by atoms with Crippen LogP contribution in [0.15, 0.2) is 39.7 Å². The Morgan fingerprint density at radius 3 is 2.53 bits per heavy atom. The molecule has 0 bridgehead atoms. The van der Waals surface area contributed by atoms with Crippen LogP contribution in [0.1, 0.15) is 49.1 Å². The number of nitrogens with one attached hydrogen (secondary N) is 1. The van der Waals surface area contributed by atoms with Crippen molar-refractivity contribution in [2.24, 2.45) is 16.8 Å². The number of piperidine rings is 1. The monoisotopic (exact) mass is 437 g/mol. The van der Waals surface area contributed by atoms with Crippen molar-refractivity contribution < 1.29 is 4.42 Å². The number of aliphatic imine (C=N–C) groups is 1. The van der Waals surface area contributed by atoms with Gasteiger partial charge in [-0.15, -0.1) is 0 Å². The van der Waals surface area contributed by atoms with Gasteiger partial charge in [0.15, 0.2) is 5.96 Å². The van der Waals surface area contributed by atoms with Crippen LogP contribution in [0, 0.1) is 25.7 Å². The first-order valence-electron chi connectivity index (χ1n) is 12.3. The Labute approximate surface area is 193 Å². The van der Waals surface area contributed by atoms with Crippen LogP contribution in [0.4, 0.5) is 0 Å². The summed E-state index contributed by atoms with van der Waals surface area (Å²) in [6, 6.07) is 10.9. The zero-order valence-corrected chi connectivity index (χ0v) is 20.0. The first kappa shape index (κ1) is 22.8. The number of hydrogen-bond acceptors (Lipinski definition) is 4. The van der Waals surface area contributed by atoms with Gasteiger partial charge in [0.2, 0.25) is 5.89 Å². The third kappa shape index (κ3) is 6.12. The van der Waals surface area contributed by atoms with Crippen LogP contribution in [0.3, 0.4) is 0 Å². The van der Waals surface area contributed by atoms with E-state index in [4.69, 9.17) is 9.41 Å². The molecule has 3 heterocycles. The molecular weight excluding hydrogens is 398 g/mol. The number of aromatic nitrogens is 1. The largest absolute Gasteiger partial charge is 0.444 e. The summed E-state index contributed by atoms with van der Waals surface area (Å²) >= 11 is 0. The quantitative estimate of drug-likeness (QED) is 0.523. The molecule has 6 nitrogen and oxygen atoms in total. The van der Waals surface area contributed by atoms with E-state index in [0.29, 0.717) is 11.8 Å². The third-order valence-electron chi connectivity index (χ3n) is 6.93. The summed E-state index contributed by atoms with van der Waals surface area (Å²) in [4.78, 5) is 14.5. The Balaban J connectivity index is 1.25. The van der Waals surface area contributed by atoms with E-state index in [-0.39, 0.29) is 0 Å². The van der Waals surface area contributed by atoms with Crippen molar-refractivity contribution in [1.82, 2.24) is 20.1 Å². The van der Waals surface area contributed by atoms with E-state index in [1.807, 2.05) is 13.8 Å². The molecule has 1 aromatic carbocycles. The molecule has 0 aliphatic carbocycles. The van der Waals surface area contributed by atoms with E-state index < -0.39 is 0 Å². The molecule has 2 aliphatic rings. The molecule has 2 aliphatic heterocycles. The third-order valence-corrected chi connectivity index (χ3v) is 6.93. The van der Waals surface area contributed by atoms with Crippen LogP contribution in [0.25, 0.3) is 0 Å². The standard InChI is InChI=1S/C26H39N5O/c1-4-27-26(31-15-12-24(18-31)16-22-8-6-5-7-9-22)28-17-23-10-13-30(14-11-23)19-25-29-20(2)21(3)32-25/h5-9,23-24H,4,10-19H2,1-3H3,(H,27,28). The molecule has 1 atom stereocenters. The van der Waals surface area contributed by atoms with Crippen LogP contribution in [-0.2, 0) is 13.0 Å². The van der Waals surface area contributed by atoms with Gasteiger partial charge in [-0.25, -0.2) is 4.98 Å². The number of rotatable bonds is 7. The van der Waals surface area contributed by atoms with E-state index in [1.165, 1.54) is 31.2 Å². The molecule has 0 amide bonds. The van der Waals surface area contributed by atoms with Crippen molar-refractivity contribution in [2.75, 3.05) is 39.3 Å². The van der Waals surface area contributed by atoms with Crippen LogP contribution in [0.5, 0.6) is 0 Å². The molecule has 1 aromatic heterocycles. The summed E-state index contributed by atoms with van der Waals surface area (Å²) in [5.74, 6) is 4.27. The lowest BCUT2D eigenvalue weighted by atomic mass is 9.97. The summed E-state index contributed by atoms with van der Waals surface area (Å²) < 4.78 is 5.76. The lowest BCUT2D eigenvalue weighted by Gasteiger charge is -2.30. The summed E-state index contributed by atoms with van der Waals surface area (Å²) in [6.07, 6.45) is 4.80. The van der Waals surface area contributed by atoms with Gasteiger partial charge in [0, 0.05) is 26.2 Å². The molecule has 0 radical (unpaired) electrons. The number of aryl methyl sites for hydroxylation is 2. The fraction of sp³-hybridized carbons (Fsp3) is 0.615. The van der Waals surface area contributed by atoms with Crippen LogP contribution in [0.2, 0.25) is 0 Å². The minimum atomic E-state index is 0.663. The van der Waals surface area contributed by atoms with E-state index in [1.54, 1.807) is 0 Å². The van der Waals surface area contributed by atoms with Crippen molar-refractivity contribution in [3.8, 4) is 0 Å². The average molecular weight is 438 g/mol. The lowest BCUT2D eigenvalue weighted by Crippen LogP contribution is -2.41. The molecule has 1 N–H and O–H groups in total. The molecule has 32 heavy (non-hydrogen) atoms. The first-order chi connectivity index (χ1) is 15.6. The maximum atomic E-state index is 5.76. The van der Waals surface area contributed by atoms with Crippen molar-refractivity contribution in [3.05, 3.63) is 53.2 Å². The van der Waals surface area contributed by atoms with Crippen LogP contribution < -0.4 is 5.32 Å². The van der Waals surface area contributed by atoms with Gasteiger partial charge < -0.3 is 14.6 Å². The maximum Gasteiger partial charge on any atom is 0.208 e. The second-order valence-corrected chi connectivity index (χ2v) is 9.45. The normalized spacial score (nSPS) is 20.8. The second kappa shape index (κ2) is 11.0. The summed E-state index contributed by atoms with van der Waals surface area (Å²) in [7, 11) is 0. The fourth-order valence-electron chi connectivity index (χ4n) is 4.91. The van der Waals surface area contributed by atoms with E-state index >= 15 is 0 Å². The molecule has 174 valence electrons.